The molecule has 1 heterocycles. The average Bonchev–Trinajstić information content (AvgIpc) is 2.86. The minimum atomic E-state index is 0.617. The van der Waals surface area contributed by atoms with Gasteiger partial charge in [0.15, 0.2) is 5.96 Å². The van der Waals surface area contributed by atoms with Crippen molar-refractivity contribution in [2.45, 2.75) is 39.3 Å². The van der Waals surface area contributed by atoms with Gasteiger partial charge in [-0.2, -0.15) is 5.10 Å². The van der Waals surface area contributed by atoms with E-state index in [0.717, 1.165) is 37.7 Å². The standard InChI is InChI=1S/C15H30N6/c1-13(2)20(4)11-7-6-9-17-15(16-3)18-12-14-8-10-19-21(14)5/h8,10,13H,6-7,9,11-12H2,1-5H3,(H2,16,17,18). The van der Waals surface area contributed by atoms with Gasteiger partial charge in [0, 0.05) is 32.9 Å². The molecule has 2 N–H and O–H groups in total. The molecule has 120 valence electrons. The number of nitrogens with one attached hydrogen (secondary N) is 2. The van der Waals surface area contributed by atoms with Gasteiger partial charge in [-0.15, -0.1) is 0 Å². The van der Waals surface area contributed by atoms with E-state index < -0.39 is 0 Å². The van der Waals surface area contributed by atoms with E-state index in [1.807, 2.05) is 17.8 Å². The zero-order valence-electron chi connectivity index (χ0n) is 14.1. The van der Waals surface area contributed by atoms with Crippen LogP contribution in [0.1, 0.15) is 32.4 Å². The summed E-state index contributed by atoms with van der Waals surface area (Å²) in [6.07, 6.45) is 4.14. The summed E-state index contributed by atoms with van der Waals surface area (Å²) < 4.78 is 1.86. The Labute approximate surface area is 128 Å². The Morgan fingerprint density at radius 1 is 1.38 bits per heavy atom. The molecule has 0 aliphatic rings. The van der Waals surface area contributed by atoms with Gasteiger partial charge in [0.1, 0.15) is 0 Å². The molecule has 0 saturated heterocycles. The van der Waals surface area contributed by atoms with E-state index in [1.165, 1.54) is 6.42 Å². The Balaban J connectivity index is 2.16. The lowest BCUT2D eigenvalue weighted by atomic mass is 10.2. The number of hydrogen-bond donors (Lipinski definition) is 2. The highest BCUT2D eigenvalue weighted by atomic mass is 15.3. The van der Waals surface area contributed by atoms with Gasteiger partial charge < -0.3 is 15.5 Å². The van der Waals surface area contributed by atoms with Crippen LogP contribution in [0.2, 0.25) is 0 Å². The van der Waals surface area contributed by atoms with Gasteiger partial charge in [-0.05, 0) is 46.3 Å². The normalized spacial score (nSPS) is 12.2. The van der Waals surface area contributed by atoms with Crippen molar-refractivity contribution >= 4 is 5.96 Å². The third kappa shape index (κ3) is 6.62. The van der Waals surface area contributed by atoms with Crippen molar-refractivity contribution in [2.24, 2.45) is 12.0 Å². The highest BCUT2D eigenvalue weighted by Gasteiger charge is 2.03. The summed E-state index contributed by atoms with van der Waals surface area (Å²) in [6.45, 7) is 7.26. The molecule has 0 amide bonds. The van der Waals surface area contributed by atoms with Crippen LogP contribution in [0.4, 0.5) is 0 Å². The Bertz CT molecular complexity index is 424. The van der Waals surface area contributed by atoms with Crippen LogP contribution < -0.4 is 10.6 Å². The lowest BCUT2D eigenvalue weighted by Crippen LogP contribution is -2.38. The number of hydrogen-bond acceptors (Lipinski definition) is 3. The molecule has 21 heavy (non-hydrogen) atoms. The monoisotopic (exact) mass is 294 g/mol. The van der Waals surface area contributed by atoms with E-state index >= 15 is 0 Å². The number of aryl methyl sites for hydroxylation is 1. The van der Waals surface area contributed by atoms with Gasteiger partial charge in [-0.1, -0.05) is 0 Å². The molecule has 1 aromatic rings. The summed E-state index contributed by atoms with van der Waals surface area (Å²) >= 11 is 0. The molecule has 0 saturated carbocycles. The number of rotatable bonds is 8. The fourth-order valence-corrected chi connectivity index (χ4v) is 1.92. The van der Waals surface area contributed by atoms with Gasteiger partial charge in [-0.3, -0.25) is 9.67 Å². The maximum atomic E-state index is 4.23. The second kappa shape index (κ2) is 9.39. The van der Waals surface area contributed by atoms with E-state index in [1.54, 1.807) is 13.2 Å². The van der Waals surface area contributed by atoms with E-state index in [-0.39, 0.29) is 0 Å². The molecule has 6 heteroatoms. The highest BCUT2D eigenvalue weighted by molar-refractivity contribution is 5.79. The van der Waals surface area contributed by atoms with E-state index in [4.69, 9.17) is 0 Å². The Morgan fingerprint density at radius 2 is 2.14 bits per heavy atom. The fourth-order valence-electron chi connectivity index (χ4n) is 1.92. The summed E-state index contributed by atoms with van der Waals surface area (Å²) in [6, 6.07) is 2.62. The molecule has 0 aliphatic heterocycles. The Kier molecular flexibility index (Phi) is 7.82. The van der Waals surface area contributed by atoms with Crippen LogP contribution in [0.15, 0.2) is 17.3 Å². The largest absolute Gasteiger partial charge is 0.356 e. The SMILES string of the molecule is CN=C(NCCCCN(C)C(C)C)NCc1ccnn1C. The first-order valence-corrected chi connectivity index (χ1v) is 7.66. The average molecular weight is 294 g/mol. The van der Waals surface area contributed by atoms with Crippen LogP contribution in [-0.4, -0.2) is 53.9 Å². The van der Waals surface area contributed by atoms with Crippen molar-refractivity contribution in [3.63, 3.8) is 0 Å². The molecule has 0 unspecified atom stereocenters. The molecule has 6 nitrogen and oxygen atoms in total. The second-order valence-electron chi connectivity index (χ2n) is 5.58. The summed E-state index contributed by atoms with van der Waals surface area (Å²) in [5, 5.41) is 10.8. The second-order valence-corrected chi connectivity index (χ2v) is 5.58. The first kappa shape index (κ1) is 17.5. The minimum absolute atomic E-state index is 0.617. The third-order valence-corrected chi connectivity index (χ3v) is 3.69. The van der Waals surface area contributed by atoms with E-state index in [9.17, 15) is 0 Å². The van der Waals surface area contributed by atoms with Crippen LogP contribution in [0.5, 0.6) is 0 Å². The lowest BCUT2D eigenvalue weighted by Gasteiger charge is -2.20. The van der Waals surface area contributed by atoms with Crippen LogP contribution in [0, 0.1) is 0 Å². The topological polar surface area (TPSA) is 57.5 Å². The molecule has 1 aromatic heterocycles. The Hall–Kier alpha value is -1.56. The summed E-state index contributed by atoms with van der Waals surface area (Å²) in [7, 11) is 5.91. The highest BCUT2D eigenvalue weighted by Crippen LogP contribution is 1.97. The molecule has 0 aromatic carbocycles. The lowest BCUT2D eigenvalue weighted by molar-refractivity contribution is 0.268. The maximum absolute atomic E-state index is 4.23. The summed E-state index contributed by atoms with van der Waals surface area (Å²) in [5.74, 6) is 0.841. The zero-order valence-corrected chi connectivity index (χ0v) is 14.1. The molecular weight excluding hydrogens is 264 g/mol. The van der Waals surface area contributed by atoms with Crippen molar-refractivity contribution in [1.82, 2.24) is 25.3 Å². The van der Waals surface area contributed by atoms with Gasteiger partial charge >= 0.3 is 0 Å². The molecular formula is C15H30N6. The Morgan fingerprint density at radius 3 is 2.71 bits per heavy atom. The van der Waals surface area contributed by atoms with Gasteiger partial charge in [0.2, 0.25) is 0 Å². The smallest absolute Gasteiger partial charge is 0.191 e. The predicted molar refractivity (Wildman–Crippen MR) is 88.4 cm³/mol. The number of unbranched alkanes of at least 4 members (excludes halogenated alkanes) is 1. The molecule has 0 aliphatic carbocycles. The van der Waals surface area contributed by atoms with Crippen molar-refractivity contribution in [2.75, 3.05) is 27.2 Å². The fraction of sp³-hybridized carbons (Fsp3) is 0.733. The van der Waals surface area contributed by atoms with Crippen LogP contribution in [-0.2, 0) is 13.6 Å². The van der Waals surface area contributed by atoms with Gasteiger partial charge in [-0.25, -0.2) is 0 Å². The quantitative estimate of drug-likeness (QED) is 0.430. The van der Waals surface area contributed by atoms with E-state index in [2.05, 4.69) is 46.5 Å². The van der Waals surface area contributed by atoms with Crippen molar-refractivity contribution in [3.8, 4) is 0 Å². The molecule has 0 atom stereocenters. The first-order chi connectivity index (χ1) is 10.0. The summed E-state index contributed by atoms with van der Waals surface area (Å²) in [5.41, 5.74) is 1.14. The first-order valence-electron chi connectivity index (χ1n) is 7.66. The summed E-state index contributed by atoms with van der Waals surface area (Å²) in [4.78, 5) is 6.60. The van der Waals surface area contributed by atoms with Gasteiger partial charge in [0.05, 0.1) is 12.2 Å². The van der Waals surface area contributed by atoms with Crippen molar-refractivity contribution < 1.29 is 0 Å². The number of nitrogens with zero attached hydrogens (tertiary/aromatic N) is 4. The molecule has 1 rings (SSSR count). The van der Waals surface area contributed by atoms with E-state index in [0.29, 0.717) is 6.04 Å². The minimum Gasteiger partial charge on any atom is -0.356 e. The number of aromatic nitrogens is 2. The maximum Gasteiger partial charge on any atom is 0.191 e. The predicted octanol–water partition coefficient (Wildman–Crippen LogP) is 1.21. The number of aliphatic imine (C=N–C) groups is 1. The zero-order chi connectivity index (χ0) is 15.7. The van der Waals surface area contributed by atoms with Crippen LogP contribution in [0.25, 0.3) is 0 Å². The molecule has 0 radical (unpaired) electrons. The molecule has 0 bridgehead atoms. The third-order valence-electron chi connectivity index (χ3n) is 3.69. The van der Waals surface area contributed by atoms with Gasteiger partial charge in [0.25, 0.3) is 0 Å². The molecule has 0 fully saturated rings. The van der Waals surface area contributed by atoms with Crippen molar-refractivity contribution in [3.05, 3.63) is 18.0 Å². The van der Waals surface area contributed by atoms with Crippen molar-refractivity contribution in [1.29, 1.82) is 0 Å². The number of guanidine groups is 1. The van der Waals surface area contributed by atoms with Crippen LogP contribution >= 0.6 is 0 Å². The van der Waals surface area contributed by atoms with Crippen LogP contribution in [0.3, 0.4) is 0 Å². The molecule has 0 spiro atoms.